The lowest BCUT2D eigenvalue weighted by Crippen LogP contribution is -2.27. The molecule has 3 nitrogen and oxygen atoms in total. The molecular formula is C32H39O3P. The molecule has 190 valence electrons. The predicted molar refractivity (Wildman–Crippen MR) is 152 cm³/mol. The molecule has 0 radical (unpaired) electrons. The zero-order chi connectivity index (χ0) is 27.3. The highest BCUT2D eigenvalue weighted by molar-refractivity contribution is 8.01. The van der Waals surface area contributed by atoms with Crippen LogP contribution in [0.1, 0.15) is 91.6 Å². The fourth-order valence-electron chi connectivity index (χ4n) is 5.53. The number of carbonyl (C=O) groups excluding carboxylic acids is 2. The van der Waals surface area contributed by atoms with E-state index in [1.807, 2.05) is 91.8 Å². The van der Waals surface area contributed by atoms with E-state index in [1.54, 1.807) is 0 Å². The summed E-state index contributed by atoms with van der Waals surface area (Å²) in [6, 6.07) is 11.6. The molecule has 0 spiro atoms. The maximum atomic E-state index is 15.3. The van der Waals surface area contributed by atoms with Gasteiger partial charge in [-0.2, -0.15) is 0 Å². The minimum Gasteiger partial charge on any atom is -0.302 e. The van der Waals surface area contributed by atoms with E-state index in [1.165, 1.54) is 0 Å². The van der Waals surface area contributed by atoms with E-state index in [0.29, 0.717) is 16.4 Å². The van der Waals surface area contributed by atoms with Crippen LogP contribution < -0.4 is 5.30 Å². The summed E-state index contributed by atoms with van der Waals surface area (Å²) in [5.74, 6) is 0. The molecule has 0 amide bonds. The van der Waals surface area contributed by atoms with Crippen LogP contribution >= 0.6 is 7.14 Å². The summed E-state index contributed by atoms with van der Waals surface area (Å²) in [6.07, 6.45) is 0. The Hall–Kier alpha value is -2.77. The molecule has 0 heterocycles. The highest BCUT2D eigenvalue weighted by Gasteiger charge is 2.46. The number of hydrogen-bond acceptors (Lipinski definition) is 3. The summed E-state index contributed by atoms with van der Waals surface area (Å²) >= 11 is 0. The fourth-order valence-corrected chi connectivity index (χ4v) is 8.58. The van der Waals surface area contributed by atoms with E-state index < -0.39 is 18.2 Å². The quantitative estimate of drug-likeness (QED) is 0.331. The maximum Gasteiger partial charge on any atom is 0.249 e. The molecule has 3 rings (SSSR count). The van der Waals surface area contributed by atoms with Gasteiger partial charge in [0.2, 0.25) is 18.2 Å². The summed E-state index contributed by atoms with van der Waals surface area (Å²) in [5.41, 5.74) is 7.03. The number of rotatable bonds is 5. The van der Waals surface area contributed by atoms with Crippen LogP contribution in [0.5, 0.6) is 0 Å². The summed E-state index contributed by atoms with van der Waals surface area (Å²) in [5, 5.41) is 0.379. The summed E-state index contributed by atoms with van der Waals surface area (Å²) in [6.45, 7) is 21.5. The molecule has 36 heavy (non-hydrogen) atoms. The van der Waals surface area contributed by atoms with Crippen LogP contribution in [-0.2, 0) is 9.98 Å². The molecule has 3 aromatic carbocycles. The van der Waals surface area contributed by atoms with Crippen molar-refractivity contribution in [2.24, 2.45) is 0 Å². The third kappa shape index (κ3) is 4.78. The lowest BCUT2D eigenvalue weighted by Gasteiger charge is -2.27. The van der Waals surface area contributed by atoms with Crippen LogP contribution in [0.2, 0.25) is 0 Å². The van der Waals surface area contributed by atoms with Gasteiger partial charge in [0.05, 0.1) is 0 Å². The molecule has 0 atom stereocenters. The molecule has 0 aliphatic carbocycles. The first-order valence-electron chi connectivity index (χ1n) is 12.5. The Morgan fingerprint density at radius 1 is 0.556 bits per heavy atom. The number of carbonyl (C=O) groups is 2. The van der Waals surface area contributed by atoms with E-state index in [4.69, 9.17) is 0 Å². The molecule has 0 bridgehead atoms. The van der Waals surface area contributed by atoms with E-state index >= 15 is 4.57 Å². The molecule has 0 saturated carbocycles. The van der Waals surface area contributed by atoms with Crippen LogP contribution in [0, 0.1) is 55.4 Å². The zero-order valence-electron chi connectivity index (χ0n) is 23.6. The van der Waals surface area contributed by atoms with Crippen molar-refractivity contribution >= 4 is 23.5 Å². The van der Waals surface area contributed by atoms with Crippen LogP contribution in [0.15, 0.2) is 36.4 Å². The summed E-state index contributed by atoms with van der Waals surface area (Å²) in [7, 11) is -4.26. The van der Waals surface area contributed by atoms with Crippen molar-refractivity contribution in [1.82, 2.24) is 0 Å². The summed E-state index contributed by atoms with van der Waals surface area (Å²) < 4.78 is 15.3. The first-order valence-corrected chi connectivity index (χ1v) is 14.2. The van der Waals surface area contributed by atoms with Crippen LogP contribution in [0.3, 0.4) is 0 Å². The molecule has 0 aliphatic rings. The average molecular weight is 503 g/mol. The van der Waals surface area contributed by atoms with Gasteiger partial charge < -0.3 is 4.57 Å². The van der Waals surface area contributed by atoms with Crippen molar-refractivity contribution in [3.05, 3.63) is 97.6 Å². The molecular weight excluding hydrogens is 463 g/mol. The van der Waals surface area contributed by atoms with E-state index in [2.05, 4.69) is 20.8 Å². The van der Waals surface area contributed by atoms with Gasteiger partial charge in [-0.1, -0.05) is 68.3 Å². The Labute approximate surface area is 216 Å². The molecule has 4 heteroatoms. The predicted octanol–water partition coefficient (Wildman–Crippen LogP) is 8.12. The molecule has 3 aromatic rings. The van der Waals surface area contributed by atoms with Crippen LogP contribution in [0.4, 0.5) is 0 Å². The zero-order valence-corrected chi connectivity index (χ0v) is 24.5. The SMILES string of the molecule is Cc1cc(C)c(C(=O)P(=O)(C(=O)c2c(C)cc(C)cc2C)c2c(C)cc(C(C)(C)C)cc2C)c(C)c1. The highest BCUT2D eigenvalue weighted by atomic mass is 31.2. The van der Waals surface area contributed by atoms with Crippen molar-refractivity contribution in [1.29, 1.82) is 0 Å². The van der Waals surface area contributed by atoms with Crippen molar-refractivity contribution < 1.29 is 14.2 Å². The molecule has 0 unspecified atom stereocenters. The highest BCUT2D eigenvalue weighted by Crippen LogP contribution is 2.54. The fraction of sp³-hybridized carbons (Fsp3) is 0.375. The monoisotopic (exact) mass is 502 g/mol. The third-order valence-corrected chi connectivity index (χ3v) is 9.95. The van der Waals surface area contributed by atoms with Gasteiger partial charge in [-0.25, -0.2) is 0 Å². The van der Waals surface area contributed by atoms with Crippen LogP contribution in [-0.4, -0.2) is 11.0 Å². The van der Waals surface area contributed by atoms with Gasteiger partial charge in [-0.3, -0.25) is 9.59 Å². The standard InChI is InChI=1S/C32H39O3P/c1-18-12-20(3)27(21(4)13-18)30(33)36(35,31(34)28-22(5)14-19(2)15-23(28)6)29-24(7)16-26(17-25(29)8)32(9,10)11/h12-17H,1-11H3. The van der Waals surface area contributed by atoms with Gasteiger partial charge in [0, 0.05) is 16.4 Å². The molecule has 0 saturated heterocycles. The Morgan fingerprint density at radius 2 is 0.861 bits per heavy atom. The lowest BCUT2D eigenvalue weighted by atomic mass is 9.85. The minimum absolute atomic E-state index is 0.125. The lowest BCUT2D eigenvalue weighted by molar-refractivity contribution is 0.104. The topological polar surface area (TPSA) is 51.2 Å². The Balaban J connectivity index is 2.44. The third-order valence-electron chi connectivity index (χ3n) is 7.03. The van der Waals surface area contributed by atoms with E-state index in [-0.39, 0.29) is 5.41 Å². The average Bonchev–Trinajstić information content (AvgIpc) is 2.70. The Morgan fingerprint density at radius 3 is 1.14 bits per heavy atom. The van der Waals surface area contributed by atoms with Gasteiger partial charge in [0.25, 0.3) is 0 Å². The molecule has 0 aliphatic heterocycles. The smallest absolute Gasteiger partial charge is 0.249 e. The minimum atomic E-state index is -4.26. The van der Waals surface area contributed by atoms with Crippen molar-refractivity contribution in [2.75, 3.05) is 0 Å². The Bertz CT molecular complexity index is 1310. The number of benzene rings is 3. The first kappa shape index (κ1) is 27.8. The van der Waals surface area contributed by atoms with E-state index in [0.717, 1.165) is 50.1 Å². The van der Waals surface area contributed by atoms with Gasteiger partial charge in [-0.15, -0.1) is 0 Å². The Kier molecular flexibility index (Phi) is 7.41. The number of aryl methyl sites for hydroxylation is 8. The molecule has 0 N–H and O–H groups in total. The van der Waals surface area contributed by atoms with Crippen LogP contribution in [0.25, 0.3) is 0 Å². The van der Waals surface area contributed by atoms with E-state index in [9.17, 15) is 9.59 Å². The van der Waals surface area contributed by atoms with Gasteiger partial charge in [0.15, 0.2) is 0 Å². The van der Waals surface area contributed by atoms with Gasteiger partial charge in [0.1, 0.15) is 0 Å². The largest absolute Gasteiger partial charge is 0.302 e. The van der Waals surface area contributed by atoms with Crippen molar-refractivity contribution in [3.63, 3.8) is 0 Å². The second kappa shape index (κ2) is 9.60. The first-order chi connectivity index (χ1) is 16.5. The second-order valence-electron chi connectivity index (χ2n) is 11.5. The second-order valence-corrected chi connectivity index (χ2v) is 14.0. The normalized spacial score (nSPS) is 12.1. The van der Waals surface area contributed by atoms with Crippen molar-refractivity contribution in [3.8, 4) is 0 Å². The number of hydrogen-bond donors (Lipinski definition) is 0. The maximum absolute atomic E-state index is 15.3. The molecule has 0 fully saturated rings. The van der Waals surface area contributed by atoms with Gasteiger partial charge in [-0.05, 0) is 99.7 Å². The van der Waals surface area contributed by atoms with Crippen molar-refractivity contribution in [2.45, 2.75) is 81.6 Å². The summed E-state index contributed by atoms with van der Waals surface area (Å²) in [4.78, 5) is 28.9. The van der Waals surface area contributed by atoms with Gasteiger partial charge >= 0.3 is 0 Å². The molecule has 0 aromatic heterocycles.